The minimum absolute atomic E-state index is 0.00209. The van der Waals surface area contributed by atoms with Crippen LogP contribution in [0, 0.1) is 5.92 Å². The van der Waals surface area contributed by atoms with E-state index in [0.29, 0.717) is 6.54 Å². The number of nitrogens with one attached hydrogen (secondary N) is 1. The van der Waals surface area contributed by atoms with Crippen LogP contribution in [0.3, 0.4) is 0 Å². The molecule has 114 valence electrons. The van der Waals surface area contributed by atoms with E-state index in [4.69, 9.17) is 5.73 Å². The largest absolute Gasteiger partial charge is 0.363 e. The second kappa shape index (κ2) is 5.89. The standard InChI is InChI=1S/C16H24N4S/c1-3-12-8-13-14(18-10-19-15(13)21-12)20-16(9-17)6-4-11(2)5-7-16/h8,10-11H,3-7,9,17H2,1-2H3,(H,18,19,20). The van der Waals surface area contributed by atoms with Gasteiger partial charge in [0.2, 0.25) is 0 Å². The van der Waals surface area contributed by atoms with Gasteiger partial charge in [-0.05, 0) is 44.1 Å². The highest BCUT2D eigenvalue weighted by Crippen LogP contribution is 2.36. The first kappa shape index (κ1) is 14.7. The van der Waals surface area contributed by atoms with E-state index in [2.05, 4.69) is 35.2 Å². The predicted octanol–water partition coefficient (Wildman–Crippen LogP) is 3.57. The zero-order valence-electron chi connectivity index (χ0n) is 12.9. The van der Waals surface area contributed by atoms with Crippen LogP contribution in [-0.2, 0) is 6.42 Å². The van der Waals surface area contributed by atoms with Crippen molar-refractivity contribution in [2.24, 2.45) is 11.7 Å². The lowest BCUT2D eigenvalue weighted by atomic mass is 9.77. The first-order valence-electron chi connectivity index (χ1n) is 7.87. The number of fused-ring (bicyclic) bond motifs is 1. The summed E-state index contributed by atoms with van der Waals surface area (Å²) < 4.78 is 0. The van der Waals surface area contributed by atoms with Gasteiger partial charge in [-0.1, -0.05) is 13.8 Å². The zero-order chi connectivity index (χ0) is 14.9. The van der Waals surface area contributed by atoms with Crippen molar-refractivity contribution in [1.82, 2.24) is 9.97 Å². The Morgan fingerprint density at radius 1 is 1.38 bits per heavy atom. The molecule has 1 saturated carbocycles. The minimum atomic E-state index is 0.00209. The van der Waals surface area contributed by atoms with Gasteiger partial charge in [-0.2, -0.15) is 0 Å². The number of aryl methyl sites for hydroxylation is 1. The highest BCUT2D eigenvalue weighted by Gasteiger charge is 2.33. The Morgan fingerprint density at radius 2 is 2.14 bits per heavy atom. The normalized spacial score (nSPS) is 26.1. The van der Waals surface area contributed by atoms with Crippen LogP contribution in [0.25, 0.3) is 10.2 Å². The molecule has 0 atom stereocenters. The topological polar surface area (TPSA) is 63.8 Å². The quantitative estimate of drug-likeness (QED) is 0.906. The highest BCUT2D eigenvalue weighted by atomic mass is 32.1. The van der Waals surface area contributed by atoms with Crippen molar-refractivity contribution in [2.75, 3.05) is 11.9 Å². The van der Waals surface area contributed by atoms with E-state index in [0.717, 1.165) is 41.2 Å². The number of aromatic nitrogens is 2. The van der Waals surface area contributed by atoms with Gasteiger partial charge in [0.15, 0.2) is 0 Å². The molecule has 0 spiro atoms. The number of hydrogen-bond acceptors (Lipinski definition) is 5. The lowest BCUT2D eigenvalue weighted by molar-refractivity contribution is 0.271. The van der Waals surface area contributed by atoms with Crippen molar-refractivity contribution < 1.29 is 0 Å². The third-order valence-corrected chi connectivity index (χ3v) is 5.92. The van der Waals surface area contributed by atoms with E-state index < -0.39 is 0 Å². The first-order chi connectivity index (χ1) is 10.2. The van der Waals surface area contributed by atoms with Crippen molar-refractivity contribution >= 4 is 27.4 Å². The van der Waals surface area contributed by atoms with Crippen LogP contribution in [0.5, 0.6) is 0 Å². The van der Waals surface area contributed by atoms with Gasteiger partial charge < -0.3 is 11.1 Å². The fraction of sp³-hybridized carbons (Fsp3) is 0.625. The van der Waals surface area contributed by atoms with Crippen molar-refractivity contribution in [3.8, 4) is 0 Å². The molecule has 0 unspecified atom stereocenters. The summed E-state index contributed by atoms with van der Waals surface area (Å²) in [6.07, 6.45) is 7.43. The second-order valence-electron chi connectivity index (χ2n) is 6.30. The molecule has 21 heavy (non-hydrogen) atoms. The molecule has 5 heteroatoms. The highest BCUT2D eigenvalue weighted by molar-refractivity contribution is 7.18. The van der Waals surface area contributed by atoms with E-state index in [1.165, 1.54) is 17.7 Å². The maximum atomic E-state index is 6.10. The van der Waals surface area contributed by atoms with Gasteiger partial charge in [-0.3, -0.25) is 0 Å². The molecule has 4 nitrogen and oxygen atoms in total. The van der Waals surface area contributed by atoms with Crippen molar-refractivity contribution in [2.45, 2.75) is 51.5 Å². The Bertz CT molecular complexity index is 614. The minimum Gasteiger partial charge on any atom is -0.363 e. The van der Waals surface area contributed by atoms with E-state index in [1.54, 1.807) is 17.7 Å². The molecule has 1 aliphatic rings. The van der Waals surface area contributed by atoms with Crippen molar-refractivity contribution in [3.05, 3.63) is 17.3 Å². The van der Waals surface area contributed by atoms with Gasteiger partial charge in [0, 0.05) is 11.4 Å². The summed E-state index contributed by atoms with van der Waals surface area (Å²) in [5.41, 5.74) is 6.11. The molecule has 0 saturated heterocycles. The maximum Gasteiger partial charge on any atom is 0.138 e. The lowest BCUT2D eigenvalue weighted by Gasteiger charge is -2.39. The molecule has 3 rings (SSSR count). The van der Waals surface area contributed by atoms with Crippen molar-refractivity contribution in [1.29, 1.82) is 0 Å². The molecule has 3 N–H and O–H groups in total. The third kappa shape index (κ3) is 2.90. The monoisotopic (exact) mass is 304 g/mol. The van der Waals surface area contributed by atoms with Crippen LogP contribution in [0.15, 0.2) is 12.4 Å². The van der Waals surface area contributed by atoms with Crippen LogP contribution in [0.4, 0.5) is 5.82 Å². The molecular weight excluding hydrogens is 280 g/mol. The summed E-state index contributed by atoms with van der Waals surface area (Å²) in [7, 11) is 0. The molecule has 0 aromatic carbocycles. The van der Waals surface area contributed by atoms with E-state index >= 15 is 0 Å². The molecule has 0 radical (unpaired) electrons. The van der Waals surface area contributed by atoms with Gasteiger partial charge in [-0.15, -0.1) is 11.3 Å². The van der Waals surface area contributed by atoms with Crippen molar-refractivity contribution in [3.63, 3.8) is 0 Å². The number of hydrogen-bond donors (Lipinski definition) is 2. The molecule has 1 fully saturated rings. The smallest absolute Gasteiger partial charge is 0.138 e. The van der Waals surface area contributed by atoms with Gasteiger partial charge >= 0.3 is 0 Å². The van der Waals surface area contributed by atoms with Gasteiger partial charge in [0.25, 0.3) is 0 Å². The maximum absolute atomic E-state index is 6.10. The Morgan fingerprint density at radius 3 is 2.81 bits per heavy atom. The molecule has 1 aliphatic carbocycles. The van der Waals surface area contributed by atoms with Crippen LogP contribution in [0.2, 0.25) is 0 Å². The average molecular weight is 304 g/mol. The Kier molecular flexibility index (Phi) is 4.13. The van der Waals surface area contributed by atoms with E-state index in [1.807, 2.05) is 0 Å². The van der Waals surface area contributed by atoms with E-state index in [9.17, 15) is 0 Å². The summed E-state index contributed by atoms with van der Waals surface area (Å²) in [5, 5.41) is 4.82. The van der Waals surface area contributed by atoms with Crippen LogP contribution in [0.1, 0.15) is 44.4 Å². The fourth-order valence-corrected chi connectivity index (χ4v) is 4.06. The summed E-state index contributed by atoms with van der Waals surface area (Å²) >= 11 is 1.76. The number of rotatable bonds is 4. The second-order valence-corrected chi connectivity index (χ2v) is 7.41. The molecule has 0 amide bonds. The summed E-state index contributed by atoms with van der Waals surface area (Å²) in [5.74, 6) is 1.76. The van der Waals surface area contributed by atoms with E-state index in [-0.39, 0.29) is 5.54 Å². The predicted molar refractivity (Wildman–Crippen MR) is 89.8 cm³/mol. The first-order valence-corrected chi connectivity index (χ1v) is 8.69. The third-order valence-electron chi connectivity index (χ3n) is 4.73. The SMILES string of the molecule is CCc1cc2c(NC3(CN)CCC(C)CC3)ncnc2s1. The molecule has 2 aromatic heterocycles. The molecule has 2 aromatic rings. The van der Waals surface area contributed by atoms with Crippen LogP contribution in [-0.4, -0.2) is 22.1 Å². The van der Waals surface area contributed by atoms with Gasteiger partial charge in [0.05, 0.1) is 10.9 Å². The lowest BCUT2D eigenvalue weighted by Crippen LogP contribution is -2.48. The Hall–Kier alpha value is -1.20. The molecule has 2 heterocycles. The van der Waals surface area contributed by atoms with Crippen LogP contribution >= 0.6 is 11.3 Å². The molecule has 0 aliphatic heterocycles. The number of nitrogens with two attached hydrogens (primary N) is 1. The number of nitrogens with zero attached hydrogens (tertiary/aromatic N) is 2. The summed E-state index contributed by atoms with van der Waals surface area (Å²) in [6, 6.07) is 2.22. The summed E-state index contributed by atoms with van der Waals surface area (Å²) in [4.78, 5) is 11.3. The zero-order valence-corrected chi connectivity index (χ0v) is 13.7. The average Bonchev–Trinajstić information content (AvgIpc) is 2.94. The van der Waals surface area contributed by atoms with Gasteiger partial charge in [0.1, 0.15) is 17.0 Å². The number of thiophene rings is 1. The fourth-order valence-electron chi connectivity index (χ4n) is 3.13. The number of anilines is 1. The van der Waals surface area contributed by atoms with Gasteiger partial charge in [-0.25, -0.2) is 9.97 Å². The molecule has 0 bridgehead atoms. The summed E-state index contributed by atoms with van der Waals surface area (Å²) in [6.45, 7) is 5.17. The molecular formula is C16H24N4S. The van der Waals surface area contributed by atoms with Crippen LogP contribution < -0.4 is 11.1 Å². The Balaban J connectivity index is 1.91. The Labute approximate surface area is 130 Å².